The number of nitrogens with two attached hydrogens (primary N) is 2. The van der Waals surface area contributed by atoms with E-state index in [2.05, 4.69) is 53.5 Å². The summed E-state index contributed by atoms with van der Waals surface area (Å²) >= 11 is 1.69. The molecule has 0 aliphatic carbocycles. The lowest BCUT2D eigenvalue weighted by atomic mass is 10.1. The van der Waals surface area contributed by atoms with Gasteiger partial charge in [-0.15, -0.1) is 24.5 Å². The zero-order valence-corrected chi connectivity index (χ0v) is 17.2. The highest BCUT2D eigenvalue weighted by Crippen LogP contribution is 2.28. The lowest BCUT2D eigenvalue weighted by Crippen LogP contribution is -2.43. The van der Waals surface area contributed by atoms with Gasteiger partial charge >= 0.3 is 0 Å². The minimum Gasteiger partial charge on any atom is -0.397 e. The van der Waals surface area contributed by atoms with E-state index in [0.29, 0.717) is 11.4 Å². The van der Waals surface area contributed by atoms with Crippen LogP contribution in [-0.2, 0) is 0 Å². The number of benzene rings is 1. The standard InChI is InChI=1S/C10H15N3.C10H10N2S.C2H4/c1-9-2-3-10(12-8-9)13-6-4-11-5-7-13;11-8-4-3-7(6-9(8)12)10-2-1-5-13-10;1-2/h2-3,8,11H,4-7H2,1H3;1-6H,11-12H2;1-2H2. The molecular formula is C22H29N5S. The first-order valence-electron chi connectivity index (χ1n) is 9.20. The minimum absolute atomic E-state index is 0.639. The van der Waals surface area contributed by atoms with Gasteiger partial charge in [0.15, 0.2) is 0 Å². The Morgan fingerprint density at radius 3 is 2.36 bits per heavy atom. The molecule has 0 spiro atoms. The minimum atomic E-state index is 0.639. The maximum Gasteiger partial charge on any atom is 0.128 e. The van der Waals surface area contributed by atoms with Gasteiger partial charge in [0.25, 0.3) is 0 Å². The largest absolute Gasteiger partial charge is 0.397 e. The average Bonchev–Trinajstić information content (AvgIpc) is 3.28. The van der Waals surface area contributed by atoms with E-state index in [0.717, 1.165) is 37.6 Å². The summed E-state index contributed by atoms with van der Waals surface area (Å²) in [7, 11) is 0. The van der Waals surface area contributed by atoms with Crippen LogP contribution < -0.4 is 21.7 Å². The van der Waals surface area contributed by atoms with E-state index < -0.39 is 0 Å². The maximum atomic E-state index is 5.71. The number of rotatable bonds is 2. The molecule has 1 aliphatic rings. The van der Waals surface area contributed by atoms with Crippen LogP contribution in [0, 0.1) is 6.92 Å². The fourth-order valence-electron chi connectivity index (χ4n) is 2.71. The molecule has 5 N–H and O–H groups in total. The molecule has 1 saturated heterocycles. The van der Waals surface area contributed by atoms with Crippen molar-refractivity contribution >= 4 is 28.5 Å². The zero-order chi connectivity index (χ0) is 20.4. The second-order valence-corrected chi connectivity index (χ2v) is 7.20. The summed E-state index contributed by atoms with van der Waals surface area (Å²) in [5, 5.41) is 5.37. The van der Waals surface area contributed by atoms with E-state index in [1.807, 2.05) is 35.8 Å². The van der Waals surface area contributed by atoms with Crippen molar-refractivity contribution in [3.05, 3.63) is 72.8 Å². The van der Waals surface area contributed by atoms with Gasteiger partial charge in [-0.1, -0.05) is 18.2 Å². The summed E-state index contributed by atoms with van der Waals surface area (Å²) < 4.78 is 0. The van der Waals surface area contributed by atoms with Crippen LogP contribution >= 0.6 is 11.3 Å². The van der Waals surface area contributed by atoms with Crippen LogP contribution in [-0.4, -0.2) is 31.2 Å². The van der Waals surface area contributed by atoms with Gasteiger partial charge in [-0.2, -0.15) is 0 Å². The molecule has 0 unspecified atom stereocenters. The van der Waals surface area contributed by atoms with E-state index in [9.17, 15) is 0 Å². The molecule has 3 aromatic rings. The lowest BCUT2D eigenvalue weighted by Gasteiger charge is -2.28. The Bertz CT molecular complexity index is 825. The Hall–Kier alpha value is -2.83. The lowest BCUT2D eigenvalue weighted by molar-refractivity contribution is 0.585. The van der Waals surface area contributed by atoms with Crippen molar-refractivity contribution in [2.24, 2.45) is 0 Å². The predicted octanol–water partition coefficient (Wildman–Crippen LogP) is 4.18. The van der Waals surface area contributed by atoms with Crippen molar-refractivity contribution in [1.82, 2.24) is 10.3 Å². The molecule has 0 bridgehead atoms. The third-order valence-electron chi connectivity index (χ3n) is 4.23. The Morgan fingerprint density at radius 1 is 1.04 bits per heavy atom. The number of pyridine rings is 1. The molecule has 0 saturated carbocycles. The second kappa shape index (κ2) is 11.1. The van der Waals surface area contributed by atoms with Crippen LogP contribution in [0.3, 0.4) is 0 Å². The van der Waals surface area contributed by atoms with Crippen LogP contribution in [0.25, 0.3) is 10.4 Å². The first-order chi connectivity index (χ1) is 13.6. The summed E-state index contributed by atoms with van der Waals surface area (Å²) in [5.74, 6) is 1.10. The summed E-state index contributed by atoms with van der Waals surface area (Å²) in [5.41, 5.74) is 15.0. The monoisotopic (exact) mass is 395 g/mol. The van der Waals surface area contributed by atoms with Gasteiger partial charge < -0.3 is 21.7 Å². The number of hydrogen-bond acceptors (Lipinski definition) is 6. The van der Waals surface area contributed by atoms with Gasteiger partial charge in [0.1, 0.15) is 5.82 Å². The van der Waals surface area contributed by atoms with Gasteiger partial charge in [0.05, 0.1) is 11.4 Å². The molecule has 0 atom stereocenters. The molecule has 1 fully saturated rings. The van der Waals surface area contributed by atoms with Gasteiger partial charge in [0.2, 0.25) is 0 Å². The highest BCUT2D eigenvalue weighted by atomic mass is 32.1. The van der Waals surface area contributed by atoms with Crippen LogP contribution in [0.2, 0.25) is 0 Å². The number of aromatic nitrogens is 1. The van der Waals surface area contributed by atoms with Crippen LogP contribution in [0.15, 0.2) is 67.2 Å². The molecule has 3 heterocycles. The number of aryl methyl sites for hydroxylation is 1. The van der Waals surface area contributed by atoms with Crippen molar-refractivity contribution in [3.8, 4) is 10.4 Å². The van der Waals surface area contributed by atoms with Gasteiger partial charge in [-0.3, -0.25) is 0 Å². The van der Waals surface area contributed by atoms with Crippen molar-refractivity contribution < 1.29 is 0 Å². The molecule has 0 amide bonds. The SMILES string of the molecule is C=C.Cc1ccc(N2CCNCC2)nc1.Nc1ccc(-c2cccs2)cc1N. The molecular weight excluding hydrogens is 366 g/mol. The van der Waals surface area contributed by atoms with E-state index in [1.165, 1.54) is 10.4 Å². The van der Waals surface area contributed by atoms with Gasteiger partial charge in [-0.05, 0) is 47.7 Å². The summed E-state index contributed by atoms with van der Waals surface area (Å²) in [6.45, 7) is 12.3. The fourth-order valence-corrected chi connectivity index (χ4v) is 3.44. The Balaban J connectivity index is 0.000000184. The average molecular weight is 396 g/mol. The molecule has 0 radical (unpaired) electrons. The highest BCUT2D eigenvalue weighted by molar-refractivity contribution is 7.13. The van der Waals surface area contributed by atoms with E-state index >= 15 is 0 Å². The van der Waals surface area contributed by atoms with E-state index in [4.69, 9.17) is 11.5 Å². The number of anilines is 3. The van der Waals surface area contributed by atoms with Crippen molar-refractivity contribution in [3.63, 3.8) is 0 Å². The summed E-state index contributed by atoms with van der Waals surface area (Å²) in [6.07, 6.45) is 1.93. The van der Waals surface area contributed by atoms with Gasteiger partial charge in [0, 0.05) is 37.3 Å². The van der Waals surface area contributed by atoms with E-state index in [1.54, 1.807) is 11.3 Å². The van der Waals surface area contributed by atoms with Crippen LogP contribution in [0.5, 0.6) is 0 Å². The normalized spacial score (nSPS) is 13.0. The highest BCUT2D eigenvalue weighted by Gasteiger charge is 2.10. The Kier molecular flexibility index (Phi) is 8.52. The molecule has 5 nitrogen and oxygen atoms in total. The number of thiophene rings is 1. The third kappa shape index (κ3) is 6.11. The predicted molar refractivity (Wildman–Crippen MR) is 124 cm³/mol. The number of piperazine rings is 1. The maximum absolute atomic E-state index is 5.71. The molecule has 28 heavy (non-hydrogen) atoms. The van der Waals surface area contributed by atoms with Crippen LogP contribution in [0.4, 0.5) is 17.2 Å². The van der Waals surface area contributed by atoms with Crippen LogP contribution in [0.1, 0.15) is 5.56 Å². The molecule has 1 aliphatic heterocycles. The quantitative estimate of drug-likeness (QED) is 0.448. The first-order valence-corrected chi connectivity index (χ1v) is 10.1. The van der Waals surface area contributed by atoms with Crippen molar-refractivity contribution in [1.29, 1.82) is 0 Å². The molecule has 6 heteroatoms. The number of nitrogens with one attached hydrogen (secondary N) is 1. The number of hydrogen-bond donors (Lipinski definition) is 3. The Labute approximate surface area is 171 Å². The Morgan fingerprint density at radius 2 is 1.79 bits per heavy atom. The molecule has 4 rings (SSSR count). The summed E-state index contributed by atoms with van der Waals surface area (Å²) in [4.78, 5) is 7.93. The molecule has 148 valence electrons. The fraction of sp³-hybridized carbons (Fsp3) is 0.227. The summed E-state index contributed by atoms with van der Waals surface area (Å²) in [6, 6.07) is 14.0. The van der Waals surface area contributed by atoms with Gasteiger partial charge in [-0.25, -0.2) is 4.98 Å². The number of nitrogen functional groups attached to an aromatic ring is 2. The zero-order valence-electron chi connectivity index (χ0n) is 16.4. The number of nitrogens with zero attached hydrogens (tertiary/aromatic N) is 2. The third-order valence-corrected chi connectivity index (χ3v) is 5.15. The topological polar surface area (TPSA) is 80.2 Å². The van der Waals surface area contributed by atoms with Crippen molar-refractivity contribution in [2.45, 2.75) is 6.92 Å². The second-order valence-electron chi connectivity index (χ2n) is 6.25. The molecule has 1 aromatic carbocycles. The smallest absolute Gasteiger partial charge is 0.128 e. The van der Waals surface area contributed by atoms with Crippen molar-refractivity contribution in [2.75, 3.05) is 42.5 Å². The van der Waals surface area contributed by atoms with E-state index in [-0.39, 0.29) is 0 Å². The molecule has 2 aromatic heterocycles. The first kappa shape index (κ1) is 21.5.